The lowest BCUT2D eigenvalue weighted by molar-refractivity contribution is -0.384. The third-order valence-electron chi connectivity index (χ3n) is 4.79. The molecule has 0 fully saturated rings. The molecular weight excluding hydrogens is 330 g/mol. The number of azo groups is 1. The SMILES string of the molecule is CCC(C)c1cc(N=Nc2ccccc2[N+](=O)[O-])cc(C(C)CC)c1O. The molecule has 6 nitrogen and oxygen atoms in total. The van der Waals surface area contributed by atoms with Crippen LogP contribution in [0.15, 0.2) is 46.6 Å². The number of nitro benzene ring substituents is 1. The molecule has 2 aromatic rings. The van der Waals surface area contributed by atoms with E-state index in [0.717, 1.165) is 24.0 Å². The first-order valence-electron chi connectivity index (χ1n) is 8.90. The molecule has 2 unspecified atom stereocenters. The number of nitrogens with zero attached hydrogens (tertiary/aromatic N) is 3. The Kier molecular flexibility index (Phi) is 6.44. The van der Waals surface area contributed by atoms with E-state index in [1.165, 1.54) is 6.07 Å². The van der Waals surface area contributed by atoms with Crippen LogP contribution in [0.3, 0.4) is 0 Å². The average molecular weight is 355 g/mol. The van der Waals surface area contributed by atoms with Crippen molar-refractivity contribution in [2.24, 2.45) is 10.2 Å². The van der Waals surface area contributed by atoms with Crippen molar-refractivity contribution in [1.82, 2.24) is 0 Å². The predicted octanol–water partition coefficient (Wildman–Crippen LogP) is 6.74. The zero-order chi connectivity index (χ0) is 19.3. The monoisotopic (exact) mass is 355 g/mol. The van der Waals surface area contributed by atoms with Crippen molar-refractivity contribution in [1.29, 1.82) is 0 Å². The molecule has 2 rings (SSSR count). The molecule has 2 aromatic carbocycles. The number of phenolic OH excluding ortho intramolecular Hbond substituents is 1. The van der Waals surface area contributed by atoms with Crippen molar-refractivity contribution >= 4 is 17.1 Å². The summed E-state index contributed by atoms with van der Waals surface area (Å²) < 4.78 is 0. The second-order valence-electron chi connectivity index (χ2n) is 6.54. The Hall–Kier alpha value is -2.76. The number of rotatable bonds is 7. The first-order valence-corrected chi connectivity index (χ1v) is 8.90. The molecule has 0 aliphatic heterocycles. The number of benzene rings is 2. The lowest BCUT2D eigenvalue weighted by atomic mass is 9.89. The third-order valence-corrected chi connectivity index (χ3v) is 4.79. The van der Waals surface area contributed by atoms with Crippen LogP contribution in [-0.2, 0) is 0 Å². The minimum Gasteiger partial charge on any atom is -0.507 e. The lowest BCUT2D eigenvalue weighted by Crippen LogP contribution is -1.98. The van der Waals surface area contributed by atoms with E-state index in [-0.39, 0.29) is 23.2 Å². The lowest BCUT2D eigenvalue weighted by Gasteiger charge is -2.18. The van der Waals surface area contributed by atoms with E-state index >= 15 is 0 Å². The summed E-state index contributed by atoms with van der Waals surface area (Å²) in [5, 5.41) is 30.1. The molecule has 1 N–H and O–H groups in total. The van der Waals surface area contributed by atoms with Gasteiger partial charge in [-0.25, -0.2) is 0 Å². The van der Waals surface area contributed by atoms with Crippen LogP contribution >= 0.6 is 0 Å². The molecule has 138 valence electrons. The summed E-state index contributed by atoms with van der Waals surface area (Å²) >= 11 is 0. The van der Waals surface area contributed by atoms with Crippen molar-refractivity contribution in [2.45, 2.75) is 52.4 Å². The van der Waals surface area contributed by atoms with E-state index < -0.39 is 4.92 Å². The van der Waals surface area contributed by atoms with E-state index in [9.17, 15) is 15.2 Å². The van der Waals surface area contributed by atoms with Gasteiger partial charge in [0.15, 0.2) is 5.69 Å². The highest BCUT2D eigenvalue weighted by Gasteiger charge is 2.18. The quantitative estimate of drug-likeness (QED) is 0.339. The number of aromatic hydroxyl groups is 1. The number of para-hydroxylation sites is 1. The maximum absolute atomic E-state index is 11.1. The van der Waals surface area contributed by atoms with Gasteiger partial charge in [0.25, 0.3) is 5.69 Å². The van der Waals surface area contributed by atoms with Gasteiger partial charge in [-0.15, -0.1) is 5.11 Å². The van der Waals surface area contributed by atoms with Crippen molar-refractivity contribution < 1.29 is 10.0 Å². The molecule has 26 heavy (non-hydrogen) atoms. The summed E-state index contributed by atoms with van der Waals surface area (Å²) in [5.41, 5.74) is 2.38. The van der Waals surface area contributed by atoms with E-state index in [2.05, 4.69) is 37.9 Å². The highest BCUT2D eigenvalue weighted by Crippen LogP contribution is 2.40. The fourth-order valence-corrected chi connectivity index (χ4v) is 2.73. The van der Waals surface area contributed by atoms with E-state index in [1.54, 1.807) is 18.2 Å². The van der Waals surface area contributed by atoms with Crippen LogP contribution < -0.4 is 0 Å². The Bertz CT molecular complexity index is 787. The first-order chi connectivity index (χ1) is 12.4. The zero-order valence-electron chi connectivity index (χ0n) is 15.6. The van der Waals surface area contributed by atoms with Gasteiger partial charge in [-0.2, -0.15) is 5.11 Å². The zero-order valence-corrected chi connectivity index (χ0v) is 15.6. The Labute approximate surface area is 153 Å². The average Bonchev–Trinajstić information content (AvgIpc) is 2.65. The predicted molar refractivity (Wildman–Crippen MR) is 103 cm³/mol. The van der Waals surface area contributed by atoms with Crippen molar-refractivity contribution in [2.75, 3.05) is 0 Å². The summed E-state index contributed by atoms with van der Waals surface area (Å²) in [4.78, 5) is 10.6. The van der Waals surface area contributed by atoms with Gasteiger partial charge in [-0.1, -0.05) is 39.8 Å². The van der Waals surface area contributed by atoms with Crippen LogP contribution in [0.4, 0.5) is 17.1 Å². The number of phenols is 1. The second kappa shape index (κ2) is 8.56. The minimum atomic E-state index is -0.472. The molecule has 0 amide bonds. The summed E-state index contributed by atoms with van der Waals surface area (Å²) in [6.45, 7) is 8.24. The standard InChI is InChI=1S/C20H25N3O3/c1-5-13(3)16-11-15(12-17(20(16)24)14(4)6-2)21-22-18-9-7-8-10-19(18)23(25)26/h7-14,24H,5-6H2,1-4H3. The normalized spacial score (nSPS) is 13.7. The largest absolute Gasteiger partial charge is 0.507 e. The Balaban J connectivity index is 2.51. The molecule has 0 radical (unpaired) electrons. The van der Waals surface area contributed by atoms with E-state index in [4.69, 9.17) is 0 Å². The van der Waals surface area contributed by atoms with Gasteiger partial charge in [-0.05, 0) is 54.0 Å². The first kappa shape index (κ1) is 19.6. The number of hydrogen-bond donors (Lipinski definition) is 1. The molecule has 0 bridgehead atoms. The summed E-state index contributed by atoms with van der Waals surface area (Å²) in [6.07, 6.45) is 1.77. The molecule has 2 atom stereocenters. The molecular formula is C20H25N3O3. The molecule has 0 aliphatic rings. The van der Waals surface area contributed by atoms with Gasteiger partial charge in [0.2, 0.25) is 0 Å². The fourth-order valence-electron chi connectivity index (χ4n) is 2.73. The highest BCUT2D eigenvalue weighted by atomic mass is 16.6. The molecule has 0 spiro atoms. The molecule has 0 aliphatic carbocycles. The van der Waals surface area contributed by atoms with Crippen molar-refractivity contribution in [3.63, 3.8) is 0 Å². The van der Waals surface area contributed by atoms with Crippen LogP contribution in [0, 0.1) is 10.1 Å². The summed E-state index contributed by atoms with van der Waals surface area (Å²) in [5.74, 6) is 0.677. The van der Waals surface area contributed by atoms with Gasteiger partial charge in [-0.3, -0.25) is 10.1 Å². The molecule has 0 heterocycles. The van der Waals surface area contributed by atoms with Crippen LogP contribution in [0.2, 0.25) is 0 Å². The second-order valence-corrected chi connectivity index (χ2v) is 6.54. The summed E-state index contributed by atoms with van der Waals surface area (Å²) in [6, 6.07) is 9.88. The smallest absolute Gasteiger partial charge is 0.296 e. The van der Waals surface area contributed by atoms with E-state index in [1.807, 2.05) is 12.1 Å². The topological polar surface area (TPSA) is 88.1 Å². The fraction of sp³-hybridized carbons (Fsp3) is 0.400. The number of nitro groups is 1. The maximum atomic E-state index is 11.1. The molecule has 6 heteroatoms. The maximum Gasteiger partial charge on any atom is 0.296 e. The van der Waals surface area contributed by atoms with Gasteiger partial charge in [0, 0.05) is 6.07 Å². The van der Waals surface area contributed by atoms with Gasteiger partial charge in [0.05, 0.1) is 10.6 Å². The Morgan fingerprint density at radius 3 is 2.08 bits per heavy atom. The Morgan fingerprint density at radius 1 is 1.04 bits per heavy atom. The molecule has 0 aromatic heterocycles. The van der Waals surface area contributed by atoms with Gasteiger partial charge >= 0.3 is 0 Å². The van der Waals surface area contributed by atoms with Crippen LogP contribution in [0.25, 0.3) is 0 Å². The van der Waals surface area contributed by atoms with Crippen molar-refractivity contribution in [3.8, 4) is 5.75 Å². The highest BCUT2D eigenvalue weighted by molar-refractivity contribution is 5.58. The van der Waals surface area contributed by atoms with Gasteiger partial charge in [0.1, 0.15) is 5.75 Å². The van der Waals surface area contributed by atoms with Crippen LogP contribution in [-0.4, -0.2) is 10.0 Å². The van der Waals surface area contributed by atoms with Gasteiger partial charge < -0.3 is 5.11 Å². The van der Waals surface area contributed by atoms with E-state index in [0.29, 0.717) is 11.4 Å². The summed E-state index contributed by atoms with van der Waals surface area (Å²) in [7, 11) is 0. The minimum absolute atomic E-state index is 0.0840. The molecule has 0 saturated carbocycles. The Morgan fingerprint density at radius 2 is 1.58 bits per heavy atom. The van der Waals surface area contributed by atoms with Crippen LogP contribution in [0.1, 0.15) is 63.5 Å². The molecule has 0 saturated heterocycles. The number of hydrogen-bond acceptors (Lipinski definition) is 5. The third kappa shape index (κ3) is 4.25. The van der Waals surface area contributed by atoms with Crippen molar-refractivity contribution in [3.05, 3.63) is 57.6 Å². The van der Waals surface area contributed by atoms with Crippen LogP contribution in [0.5, 0.6) is 5.75 Å².